The van der Waals surface area contributed by atoms with Crippen molar-refractivity contribution < 1.29 is 22.8 Å². The van der Waals surface area contributed by atoms with Crippen LogP contribution in [-0.2, 0) is 30.8 Å². The van der Waals surface area contributed by atoms with Crippen molar-refractivity contribution in [3.63, 3.8) is 0 Å². The van der Waals surface area contributed by atoms with E-state index in [1.54, 1.807) is 19.1 Å². The van der Waals surface area contributed by atoms with Gasteiger partial charge in [0.1, 0.15) is 6.04 Å². The number of nitrogens with two attached hydrogens (primary N) is 1. The summed E-state index contributed by atoms with van der Waals surface area (Å²) in [5.41, 5.74) is 0.825. The Labute approximate surface area is 163 Å². The lowest BCUT2D eigenvalue weighted by Gasteiger charge is -2.22. The lowest BCUT2D eigenvalue weighted by atomic mass is 9.85. The Morgan fingerprint density at radius 1 is 1.14 bits per heavy atom. The van der Waals surface area contributed by atoms with Crippen LogP contribution >= 0.6 is 0 Å². The molecule has 1 fully saturated rings. The monoisotopic (exact) mass is 405 g/mol. The number of carbonyl (C=O) groups is 3. The summed E-state index contributed by atoms with van der Waals surface area (Å²) in [5.74, 6) is -1.66. The van der Waals surface area contributed by atoms with Gasteiger partial charge in [-0.25, -0.2) is 13.6 Å². The maximum absolute atomic E-state index is 12.5. The molecule has 3 amide bonds. The Balaban J connectivity index is 1.55. The van der Waals surface area contributed by atoms with Gasteiger partial charge in [0.25, 0.3) is 0 Å². The second-order valence-corrected chi connectivity index (χ2v) is 8.67. The predicted molar refractivity (Wildman–Crippen MR) is 101 cm³/mol. The molecule has 0 bridgehead atoms. The van der Waals surface area contributed by atoms with Gasteiger partial charge in [0.2, 0.25) is 27.7 Å². The molecule has 28 heavy (non-hydrogen) atoms. The molecule has 9 heteroatoms. The van der Waals surface area contributed by atoms with E-state index in [2.05, 4.69) is 5.32 Å². The van der Waals surface area contributed by atoms with Crippen molar-refractivity contribution in [1.29, 1.82) is 0 Å². The van der Waals surface area contributed by atoms with Gasteiger partial charge < -0.3 is 5.32 Å². The highest BCUT2D eigenvalue weighted by molar-refractivity contribution is 7.89. The van der Waals surface area contributed by atoms with Crippen molar-refractivity contribution in [1.82, 2.24) is 10.2 Å². The Hall–Kier alpha value is -2.52. The van der Waals surface area contributed by atoms with Crippen molar-refractivity contribution in [2.24, 2.45) is 17.0 Å². The third kappa shape index (κ3) is 4.00. The largest absolute Gasteiger partial charge is 0.354 e. The highest BCUT2D eigenvalue weighted by Crippen LogP contribution is 2.36. The van der Waals surface area contributed by atoms with Crippen LogP contribution in [0.2, 0.25) is 0 Å². The summed E-state index contributed by atoms with van der Waals surface area (Å²) in [4.78, 5) is 38.6. The lowest BCUT2D eigenvalue weighted by molar-refractivity contribution is -0.147. The number of allylic oxidation sites excluding steroid dienone is 2. The van der Waals surface area contributed by atoms with Gasteiger partial charge in [0.15, 0.2) is 0 Å². The van der Waals surface area contributed by atoms with Crippen molar-refractivity contribution in [2.75, 3.05) is 6.54 Å². The SMILES string of the molecule is C[C@@H](C(=O)NCCc1ccc(S(N)(=O)=O)cc1)N1C(=O)[C@@H]2CC=CC[C@H]2C1=O. The molecule has 8 nitrogen and oxygen atoms in total. The summed E-state index contributed by atoms with van der Waals surface area (Å²) in [6.45, 7) is 1.85. The molecule has 2 aliphatic rings. The smallest absolute Gasteiger partial charge is 0.243 e. The molecule has 0 unspecified atom stereocenters. The third-order valence-electron chi connectivity index (χ3n) is 5.27. The molecule has 3 rings (SSSR count). The van der Waals surface area contributed by atoms with Crippen LogP contribution in [0.4, 0.5) is 0 Å². The molecule has 1 aliphatic carbocycles. The van der Waals surface area contributed by atoms with Crippen LogP contribution in [0.25, 0.3) is 0 Å². The van der Waals surface area contributed by atoms with E-state index >= 15 is 0 Å². The van der Waals surface area contributed by atoms with E-state index < -0.39 is 22.0 Å². The zero-order valence-electron chi connectivity index (χ0n) is 15.5. The fourth-order valence-corrected chi connectivity index (χ4v) is 4.16. The Kier molecular flexibility index (Phi) is 5.66. The fraction of sp³-hybridized carbons (Fsp3) is 0.421. The predicted octanol–water partition coefficient (Wildman–Crippen LogP) is 0.332. The van der Waals surface area contributed by atoms with Crippen LogP contribution in [0.1, 0.15) is 25.3 Å². The maximum atomic E-state index is 12.5. The van der Waals surface area contributed by atoms with Crippen LogP contribution in [0.3, 0.4) is 0 Å². The van der Waals surface area contributed by atoms with Gasteiger partial charge >= 0.3 is 0 Å². The molecule has 150 valence electrons. The molecule has 0 aromatic heterocycles. The molecule has 0 radical (unpaired) electrons. The Morgan fingerprint density at radius 2 is 1.68 bits per heavy atom. The summed E-state index contributed by atoms with van der Waals surface area (Å²) in [6, 6.07) is 5.20. The van der Waals surface area contributed by atoms with Gasteiger partial charge in [0.05, 0.1) is 16.7 Å². The van der Waals surface area contributed by atoms with Crippen molar-refractivity contribution >= 4 is 27.7 Å². The molecule has 1 aromatic rings. The minimum absolute atomic E-state index is 0.0240. The topological polar surface area (TPSA) is 127 Å². The number of amides is 3. The van der Waals surface area contributed by atoms with Gasteiger partial charge in [-0.1, -0.05) is 24.3 Å². The fourth-order valence-electron chi connectivity index (χ4n) is 3.65. The molecule has 3 N–H and O–H groups in total. The first-order chi connectivity index (χ1) is 13.2. The molecular formula is C19H23N3O5S. The first kappa shape index (κ1) is 20.2. The molecular weight excluding hydrogens is 382 g/mol. The van der Waals surface area contributed by atoms with Crippen LogP contribution in [-0.4, -0.2) is 43.6 Å². The molecule has 1 aromatic carbocycles. The number of fused-ring (bicyclic) bond motifs is 1. The van der Waals surface area contributed by atoms with Gasteiger partial charge in [0, 0.05) is 6.54 Å². The molecule has 1 saturated heterocycles. The standard InChI is InChI=1S/C19H23N3O5S/c1-12(22-18(24)15-4-2-3-5-16(15)19(22)25)17(23)21-11-10-13-6-8-14(9-7-13)28(20,26)27/h2-3,6-9,12,15-16H,4-5,10-11H2,1H3,(H,21,23)(H2,20,26,27)/t12-,15+,16+/m0/s1. The molecule has 1 heterocycles. The van der Waals surface area contributed by atoms with Crippen molar-refractivity contribution in [2.45, 2.75) is 37.1 Å². The van der Waals surface area contributed by atoms with Crippen LogP contribution < -0.4 is 10.5 Å². The summed E-state index contributed by atoms with van der Waals surface area (Å²) >= 11 is 0. The first-order valence-electron chi connectivity index (χ1n) is 9.11. The van der Waals surface area contributed by atoms with E-state index in [4.69, 9.17) is 5.14 Å². The van der Waals surface area contributed by atoms with E-state index in [9.17, 15) is 22.8 Å². The maximum Gasteiger partial charge on any atom is 0.243 e. The lowest BCUT2D eigenvalue weighted by Crippen LogP contribution is -2.48. The average molecular weight is 405 g/mol. The second kappa shape index (κ2) is 7.84. The average Bonchev–Trinajstić information content (AvgIpc) is 2.92. The van der Waals surface area contributed by atoms with Crippen LogP contribution in [0.5, 0.6) is 0 Å². The van der Waals surface area contributed by atoms with Crippen molar-refractivity contribution in [3.05, 3.63) is 42.0 Å². The van der Waals surface area contributed by atoms with Gasteiger partial charge in [-0.15, -0.1) is 0 Å². The number of primary sulfonamides is 1. The number of hydrogen-bond acceptors (Lipinski definition) is 5. The van der Waals surface area contributed by atoms with E-state index in [-0.39, 0.29) is 28.5 Å². The zero-order chi connectivity index (χ0) is 20.5. The number of nitrogens with zero attached hydrogens (tertiary/aromatic N) is 1. The van der Waals surface area contributed by atoms with Crippen LogP contribution in [0, 0.1) is 11.8 Å². The van der Waals surface area contributed by atoms with Crippen molar-refractivity contribution in [3.8, 4) is 0 Å². The number of likely N-dealkylation sites (tertiary alicyclic amines) is 1. The number of nitrogens with one attached hydrogen (secondary N) is 1. The number of imide groups is 1. The molecule has 3 atom stereocenters. The van der Waals surface area contributed by atoms with Crippen LogP contribution in [0.15, 0.2) is 41.3 Å². The summed E-state index contributed by atoms with van der Waals surface area (Å²) in [6.07, 6.45) is 5.35. The van der Waals surface area contributed by atoms with E-state index in [0.29, 0.717) is 25.8 Å². The molecule has 0 spiro atoms. The van der Waals surface area contributed by atoms with Gasteiger partial charge in [-0.05, 0) is 43.9 Å². The minimum Gasteiger partial charge on any atom is -0.354 e. The van der Waals surface area contributed by atoms with E-state index in [1.807, 2.05) is 12.2 Å². The van der Waals surface area contributed by atoms with E-state index in [0.717, 1.165) is 10.5 Å². The summed E-state index contributed by atoms with van der Waals surface area (Å²) in [7, 11) is -3.74. The Morgan fingerprint density at radius 3 is 2.18 bits per heavy atom. The summed E-state index contributed by atoms with van der Waals surface area (Å²) < 4.78 is 22.5. The third-order valence-corrected chi connectivity index (χ3v) is 6.20. The second-order valence-electron chi connectivity index (χ2n) is 7.11. The number of carbonyl (C=O) groups excluding carboxylic acids is 3. The van der Waals surface area contributed by atoms with Gasteiger partial charge in [-0.2, -0.15) is 0 Å². The highest BCUT2D eigenvalue weighted by Gasteiger charge is 2.49. The number of sulfonamides is 1. The Bertz CT molecular complexity index is 897. The minimum atomic E-state index is -3.74. The van der Waals surface area contributed by atoms with Gasteiger partial charge in [-0.3, -0.25) is 19.3 Å². The zero-order valence-corrected chi connectivity index (χ0v) is 16.3. The highest BCUT2D eigenvalue weighted by atomic mass is 32.2. The quantitative estimate of drug-likeness (QED) is 0.521. The number of hydrogen-bond donors (Lipinski definition) is 2. The number of benzene rings is 1. The summed E-state index contributed by atoms with van der Waals surface area (Å²) in [5, 5.41) is 7.79. The van der Waals surface area contributed by atoms with E-state index in [1.165, 1.54) is 12.1 Å². The molecule has 1 aliphatic heterocycles. The normalized spacial score (nSPS) is 22.9. The molecule has 0 saturated carbocycles. The first-order valence-corrected chi connectivity index (χ1v) is 10.7. The number of rotatable bonds is 6.